The number of amides is 1. The Balaban J connectivity index is 1.78. The van der Waals surface area contributed by atoms with Crippen LogP contribution in [0.2, 0.25) is 0 Å². The molecule has 0 atom stereocenters. The third-order valence-electron chi connectivity index (χ3n) is 5.87. The lowest BCUT2D eigenvalue weighted by atomic mass is 9.75. The molecule has 2 heterocycles. The van der Waals surface area contributed by atoms with E-state index in [4.69, 9.17) is 21.7 Å². The van der Waals surface area contributed by atoms with Crippen molar-refractivity contribution in [3.8, 4) is 11.8 Å². The van der Waals surface area contributed by atoms with Gasteiger partial charge in [-0.2, -0.15) is 18.4 Å². The van der Waals surface area contributed by atoms with Gasteiger partial charge in [-0.3, -0.25) is 9.69 Å². The molecule has 2 fully saturated rings. The summed E-state index contributed by atoms with van der Waals surface area (Å²) in [6.07, 6.45) is -2.65. The summed E-state index contributed by atoms with van der Waals surface area (Å²) in [5.41, 5.74) is -3.83. The molecule has 1 saturated carbocycles. The quantitative estimate of drug-likeness (QED) is 0.338. The van der Waals surface area contributed by atoms with Gasteiger partial charge in [0.1, 0.15) is 23.8 Å². The predicted molar refractivity (Wildman–Crippen MR) is 117 cm³/mol. The van der Waals surface area contributed by atoms with Crippen LogP contribution < -0.4 is 14.5 Å². The Morgan fingerprint density at radius 2 is 2.00 bits per heavy atom. The van der Waals surface area contributed by atoms with Crippen molar-refractivity contribution in [2.75, 3.05) is 30.1 Å². The number of aromatic nitrogens is 1. The SMILES string of the molecule is COCCOc1ccc(N2C(=S)N(c3ccnc(C#N)c3C(F)(F)F)C(=O)C23CCC3)cc1F. The molecule has 1 aromatic heterocycles. The number of methoxy groups -OCH3 is 1. The second-order valence-corrected chi connectivity index (χ2v) is 8.13. The fourth-order valence-corrected chi connectivity index (χ4v) is 4.64. The number of nitrogens with zero attached hydrogens (tertiary/aromatic N) is 4. The number of ether oxygens (including phenoxy) is 2. The maximum absolute atomic E-state index is 14.7. The number of carbonyl (C=O) groups excluding carboxylic acids is 1. The topological polar surface area (TPSA) is 78.7 Å². The van der Waals surface area contributed by atoms with Crippen molar-refractivity contribution in [2.24, 2.45) is 0 Å². The lowest BCUT2D eigenvalue weighted by molar-refractivity contribution is -0.137. The Bertz CT molecular complexity index is 1190. The van der Waals surface area contributed by atoms with Crippen LogP contribution in [-0.2, 0) is 15.7 Å². The summed E-state index contributed by atoms with van der Waals surface area (Å²) in [5, 5.41) is 8.95. The van der Waals surface area contributed by atoms with E-state index in [0.717, 1.165) is 23.2 Å². The lowest BCUT2D eigenvalue weighted by Crippen LogP contribution is -2.55. The molecule has 1 aromatic carbocycles. The molecule has 1 saturated heterocycles. The number of rotatable bonds is 6. The summed E-state index contributed by atoms with van der Waals surface area (Å²) in [5.74, 6) is -1.42. The summed E-state index contributed by atoms with van der Waals surface area (Å²) < 4.78 is 66.6. The maximum Gasteiger partial charge on any atom is 0.421 e. The van der Waals surface area contributed by atoms with Crippen LogP contribution in [0.15, 0.2) is 30.5 Å². The second kappa shape index (κ2) is 8.81. The van der Waals surface area contributed by atoms with E-state index < -0.39 is 40.4 Å². The number of hydrogen-bond acceptors (Lipinski definition) is 6. The summed E-state index contributed by atoms with van der Waals surface area (Å²) >= 11 is 5.47. The minimum absolute atomic E-state index is 0.0380. The van der Waals surface area contributed by atoms with Crippen LogP contribution in [0.25, 0.3) is 0 Å². The standard InChI is InChI=1S/C22H18F4N4O3S/c1-32-9-10-33-17-4-3-13(11-14(17)23)30-20(34)29(19(31)21(30)6-2-7-21)16-5-8-28-15(12-27)18(16)22(24,25)26/h3-5,8,11H,2,6-7,9-10H2,1H3. The molecular weight excluding hydrogens is 476 g/mol. The van der Waals surface area contributed by atoms with E-state index in [1.54, 1.807) is 0 Å². The number of pyridine rings is 1. The Labute approximate surface area is 197 Å². The molecule has 4 rings (SSSR count). The average Bonchev–Trinajstić information content (AvgIpc) is 3.00. The van der Waals surface area contributed by atoms with E-state index in [1.807, 2.05) is 0 Å². The fraction of sp³-hybridized carbons (Fsp3) is 0.364. The number of alkyl halides is 3. The van der Waals surface area contributed by atoms with Gasteiger partial charge in [-0.05, 0) is 49.7 Å². The van der Waals surface area contributed by atoms with Crippen molar-refractivity contribution in [3.63, 3.8) is 0 Å². The summed E-state index contributed by atoms with van der Waals surface area (Å²) in [6.45, 7) is 0.372. The van der Waals surface area contributed by atoms with Crippen molar-refractivity contribution < 1.29 is 31.8 Å². The molecule has 1 aliphatic carbocycles. The first-order valence-electron chi connectivity index (χ1n) is 10.2. The van der Waals surface area contributed by atoms with Gasteiger partial charge in [0.25, 0.3) is 5.91 Å². The van der Waals surface area contributed by atoms with Crippen LogP contribution in [0.3, 0.4) is 0 Å². The summed E-state index contributed by atoms with van der Waals surface area (Å²) in [7, 11) is 1.48. The molecule has 7 nitrogen and oxygen atoms in total. The van der Waals surface area contributed by atoms with Gasteiger partial charge in [0, 0.05) is 25.1 Å². The second-order valence-electron chi connectivity index (χ2n) is 7.76. The molecule has 2 aromatic rings. The average molecular weight is 494 g/mol. The van der Waals surface area contributed by atoms with E-state index in [-0.39, 0.29) is 29.8 Å². The van der Waals surface area contributed by atoms with E-state index in [0.29, 0.717) is 19.3 Å². The first kappa shape index (κ1) is 23.8. The molecule has 1 aliphatic heterocycles. The highest BCUT2D eigenvalue weighted by molar-refractivity contribution is 7.81. The molecule has 178 valence electrons. The first-order chi connectivity index (χ1) is 16.2. The van der Waals surface area contributed by atoms with Crippen molar-refractivity contribution in [2.45, 2.75) is 31.0 Å². The number of halogens is 4. The van der Waals surface area contributed by atoms with Crippen LogP contribution in [-0.4, -0.2) is 41.9 Å². The number of carbonyl (C=O) groups is 1. The number of anilines is 2. The van der Waals surface area contributed by atoms with E-state index in [9.17, 15) is 27.6 Å². The smallest absolute Gasteiger partial charge is 0.421 e. The number of nitriles is 1. The third kappa shape index (κ3) is 3.74. The molecule has 0 N–H and O–H groups in total. The van der Waals surface area contributed by atoms with Crippen LogP contribution >= 0.6 is 12.2 Å². The van der Waals surface area contributed by atoms with Crippen LogP contribution in [0, 0.1) is 17.1 Å². The maximum atomic E-state index is 14.7. The molecule has 0 radical (unpaired) electrons. The minimum atomic E-state index is -4.96. The third-order valence-corrected chi connectivity index (χ3v) is 6.24. The van der Waals surface area contributed by atoms with Gasteiger partial charge < -0.3 is 14.4 Å². The molecule has 0 unspecified atom stereocenters. The van der Waals surface area contributed by atoms with E-state index in [1.165, 1.54) is 30.2 Å². The lowest BCUT2D eigenvalue weighted by Gasteiger charge is -2.43. The van der Waals surface area contributed by atoms with Crippen molar-refractivity contribution >= 4 is 34.6 Å². The fourth-order valence-electron chi connectivity index (χ4n) is 4.18. The molecule has 1 spiro atoms. The summed E-state index contributed by atoms with van der Waals surface area (Å²) in [6, 6.07) is 6.41. The van der Waals surface area contributed by atoms with Gasteiger partial charge in [-0.1, -0.05) is 0 Å². The van der Waals surface area contributed by atoms with Gasteiger partial charge in [-0.25, -0.2) is 9.37 Å². The number of thiocarbonyl (C=S) groups is 1. The van der Waals surface area contributed by atoms with Gasteiger partial charge in [0.2, 0.25) is 0 Å². The zero-order chi connectivity index (χ0) is 24.7. The molecule has 34 heavy (non-hydrogen) atoms. The summed E-state index contributed by atoms with van der Waals surface area (Å²) in [4.78, 5) is 19.2. The normalized spacial score (nSPS) is 17.2. The minimum Gasteiger partial charge on any atom is -0.488 e. The van der Waals surface area contributed by atoms with Crippen molar-refractivity contribution in [1.82, 2.24) is 4.98 Å². The van der Waals surface area contributed by atoms with Crippen molar-refractivity contribution in [1.29, 1.82) is 5.26 Å². The van der Waals surface area contributed by atoms with E-state index in [2.05, 4.69) is 4.98 Å². The highest BCUT2D eigenvalue weighted by Crippen LogP contribution is 2.50. The predicted octanol–water partition coefficient (Wildman–Crippen LogP) is 4.20. The Hall–Kier alpha value is -3.30. The molecular formula is C22H18F4N4O3S. The first-order valence-corrected chi connectivity index (χ1v) is 10.6. The Morgan fingerprint density at radius 1 is 1.26 bits per heavy atom. The zero-order valence-electron chi connectivity index (χ0n) is 17.9. The largest absolute Gasteiger partial charge is 0.488 e. The Kier molecular flexibility index (Phi) is 6.18. The number of hydrogen-bond donors (Lipinski definition) is 0. The van der Waals surface area contributed by atoms with E-state index >= 15 is 0 Å². The van der Waals surface area contributed by atoms with Gasteiger partial charge in [0.05, 0.1) is 12.3 Å². The molecule has 0 bridgehead atoms. The monoisotopic (exact) mass is 494 g/mol. The number of benzene rings is 1. The van der Waals surface area contributed by atoms with Gasteiger partial charge >= 0.3 is 6.18 Å². The van der Waals surface area contributed by atoms with Crippen LogP contribution in [0.1, 0.15) is 30.5 Å². The highest BCUT2D eigenvalue weighted by Gasteiger charge is 2.60. The van der Waals surface area contributed by atoms with Gasteiger partial charge in [0.15, 0.2) is 22.4 Å². The molecule has 2 aliphatic rings. The van der Waals surface area contributed by atoms with Gasteiger partial charge in [-0.15, -0.1) is 0 Å². The zero-order valence-corrected chi connectivity index (χ0v) is 18.7. The van der Waals surface area contributed by atoms with Crippen LogP contribution in [0.4, 0.5) is 28.9 Å². The molecule has 12 heteroatoms. The highest BCUT2D eigenvalue weighted by atomic mass is 32.1. The van der Waals surface area contributed by atoms with Crippen LogP contribution in [0.5, 0.6) is 5.75 Å². The molecule has 1 amide bonds. The Morgan fingerprint density at radius 3 is 2.56 bits per heavy atom. The van der Waals surface area contributed by atoms with Crippen molar-refractivity contribution in [3.05, 3.63) is 47.5 Å².